The maximum Gasteiger partial charge on any atom is 0.341 e. The predicted octanol–water partition coefficient (Wildman–Crippen LogP) is 5.45. The molecular formula is C21H22ClN3O3S2. The summed E-state index contributed by atoms with van der Waals surface area (Å²) < 4.78 is 5.26. The lowest BCUT2D eigenvalue weighted by molar-refractivity contribution is -0.115. The molecule has 2 aromatic heterocycles. The number of thiophene rings is 1. The van der Waals surface area contributed by atoms with E-state index in [-0.39, 0.29) is 11.9 Å². The molecule has 0 saturated carbocycles. The maximum atomic E-state index is 12.9. The highest BCUT2D eigenvalue weighted by molar-refractivity contribution is 8.00. The fourth-order valence-corrected chi connectivity index (χ4v) is 5.80. The van der Waals surface area contributed by atoms with Crippen LogP contribution in [0.5, 0.6) is 0 Å². The zero-order chi connectivity index (χ0) is 21.3. The minimum Gasteiger partial charge on any atom is -0.462 e. The van der Waals surface area contributed by atoms with E-state index in [2.05, 4.69) is 15.3 Å². The highest BCUT2D eigenvalue weighted by Crippen LogP contribution is 2.39. The number of carbonyl (C=O) groups is 2. The first kappa shape index (κ1) is 21.2. The van der Waals surface area contributed by atoms with Crippen LogP contribution in [0.4, 0.5) is 5.00 Å². The predicted molar refractivity (Wildman–Crippen MR) is 122 cm³/mol. The summed E-state index contributed by atoms with van der Waals surface area (Å²) in [6.07, 6.45) is 3.94. The summed E-state index contributed by atoms with van der Waals surface area (Å²) >= 11 is 8.85. The number of amides is 1. The quantitative estimate of drug-likeness (QED) is 0.375. The molecule has 1 aromatic carbocycles. The number of nitrogens with one attached hydrogen (secondary N) is 2. The Bertz CT molecular complexity index is 1110. The van der Waals surface area contributed by atoms with Gasteiger partial charge in [0.2, 0.25) is 5.91 Å². The number of rotatable bonds is 6. The Balaban J connectivity index is 1.52. The molecule has 0 spiro atoms. The van der Waals surface area contributed by atoms with E-state index in [9.17, 15) is 9.59 Å². The van der Waals surface area contributed by atoms with Gasteiger partial charge in [-0.2, -0.15) is 0 Å². The average Bonchev–Trinajstić information content (AvgIpc) is 3.27. The Morgan fingerprint density at radius 1 is 1.37 bits per heavy atom. The van der Waals surface area contributed by atoms with Crippen LogP contribution >= 0.6 is 34.7 Å². The summed E-state index contributed by atoms with van der Waals surface area (Å²) in [5, 5.41) is 4.42. The SMILES string of the molecule is CCOC(=O)c1c(NC(=O)C(C)Sc2nc3ccc(Cl)cc3[nH]2)sc2c1CCCC2. The van der Waals surface area contributed by atoms with Crippen molar-refractivity contribution >= 4 is 62.6 Å². The van der Waals surface area contributed by atoms with Crippen molar-refractivity contribution in [2.24, 2.45) is 0 Å². The Morgan fingerprint density at radius 3 is 2.97 bits per heavy atom. The number of esters is 1. The summed E-state index contributed by atoms with van der Waals surface area (Å²) in [6, 6.07) is 5.43. The minimum atomic E-state index is -0.407. The molecular weight excluding hydrogens is 442 g/mol. The Labute approximate surface area is 187 Å². The number of benzene rings is 1. The molecule has 6 nitrogen and oxygen atoms in total. The molecule has 1 atom stereocenters. The Morgan fingerprint density at radius 2 is 2.17 bits per heavy atom. The van der Waals surface area contributed by atoms with E-state index in [4.69, 9.17) is 16.3 Å². The molecule has 158 valence electrons. The van der Waals surface area contributed by atoms with Gasteiger partial charge in [0, 0.05) is 9.90 Å². The van der Waals surface area contributed by atoms with E-state index in [1.165, 1.54) is 28.0 Å². The van der Waals surface area contributed by atoms with Gasteiger partial charge >= 0.3 is 5.97 Å². The van der Waals surface area contributed by atoms with E-state index >= 15 is 0 Å². The van der Waals surface area contributed by atoms with Crippen LogP contribution in [-0.4, -0.2) is 33.7 Å². The van der Waals surface area contributed by atoms with Gasteiger partial charge in [-0.25, -0.2) is 9.78 Å². The first-order valence-electron chi connectivity index (χ1n) is 9.90. The van der Waals surface area contributed by atoms with Gasteiger partial charge in [0.05, 0.1) is 28.5 Å². The molecule has 9 heteroatoms. The van der Waals surface area contributed by atoms with Crippen molar-refractivity contribution in [3.8, 4) is 0 Å². The number of hydrogen-bond donors (Lipinski definition) is 2. The van der Waals surface area contributed by atoms with Crippen molar-refractivity contribution in [3.05, 3.63) is 39.2 Å². The topological polar surface area (TPSA) is 84.1 Å². The fraction of sp³-hybridized carbons (Fsp3) is 0.381. The van der Waals surface area contributed by atoms with Crippen molar-refractivity contribution in [2.75, 3.05) is 11.9 Å². The van der Waals surface area contributed by atoms with Crippen LogP contribution in [-0.2, 0) is 22.4 Å². The second kappa shape index (κ2) is 8.99. The maximum absolute atomic E-state index is 12.9. The molecule has 1 amide bonds. The molecule has 1 aliphatic carbocycles. The lowest BCUT2D eigenvalue weighted by Gasteiger charge is -2.13. The van der Waals surface area contributed by atoms with E-state index in [1.807, 2.05) is 13.0 Å². The van der Waals surface area contributed by atoms with Gasteiger partial charge in [0.1, 0.15) is 5.00 Å². The molecule has 0 fully saturated rings. The van der Waals surface area contributed by atoms with Gasteiger partial charge in [0.15, 0.2) is 5.16 Å². The van der Waals surface area contributed by atoms with Crippen LogP contribution in [0, 0.1) is 0 Å². The molecule has 0 bridgehead atoms. The number of carbonyl (C=O) groups excluding carboxylic acids is 2. The van der Waals surface area contributed by atoms with Crippen molar-refractivity contribution in [2.45, 2.75) is 49.9 Å². The van der Waals surface area contributed by atoms with Gasteiger partial charge in [-0.05, 0) is 63.3 Å². The van der Waals surface area contributed by atoms with Gasteiger partial charge in [-0.3, -0.25) is 4.79 Å². The lowest BCUT2D eigenvalue weighted by Crippen LogP contribution is -2.23. The standard InChI is InChI=1S/C21H22ClN3O3S2/c1-3-28-20(27)17-13-6-4-5-7-16(13)30-19(17)25-18(26)11(2)29-21-23-14-9-8-12(22)10-15(14)24-21/h8-11H,3-7H2,1-2H3,(H,23,24)(H,25,26). The van der Waals surface area contributed by atoms with Crippen LogP contribution in [0.3, 0.4) is 0 Å². The lowest BCUT2D eigenvalue weighted by atomic mass is 9.95. The molecule has 1 aliphatic rings. The molecule has 4 rings (SSSR count). The summed E-state index contributed by atoms with van der Waals surface area (Å²) in [6.45, 7) is 3.91. The highest BCUT2D eigenvalue weighted by Gasteiger charge is 2.28. The second-order valence-electron chi connectivity index (χ2n) is 7.09. The number of hydrogen-bond acceptors (Lipinski definition) is 6. The van der Waals surface area contributed by atoms with Gasteiger partial charge in [-0.1, -0.05) is 23.4 Å². The molecule has 2 N–H and O–H groups in total. The average molecular weight is 464 g/mol. The summed E-state index contributed by atoms with van der Waals surface area (Å²) in [5.41, 5.74) is 3.19. The number of anilines is 1. The molecule has 0 radical (unpaired) electrons. The fourth-order valence-electron chi connectivity index (χ4n) is 3.52. The van der Waals surface area contributed by atoms with Crippen LogP contribution in [0.2, 0.25) is 5.02 Å². The first-order valence-corrected chi connectivity index (χ1v) is 12.0. The third-order valence-corrected chi connectivity index (χ3v) is 7.39. The number of aromatic amines is 1. The zero-order valence-corrected chi connectivity index (χ0v) is 19.1. The summed E-state index contributed by atoms with van der Waals surface area (Å²) in [7, 11) is 0. The smallest absolute Gasteiger partial charge is 0.341 e. The number of ether oxygens (including phenoxy) is 1. The van der Waals surface area contributed by atoms with Gasteiger partial charge in [-0.15, -0.1) is 11.3 Å². The highest BCUT2D eigenvalue weighted by atomic mass is 35.5. The number of imidazole rings is 1. The Hall–Kier alpha value is -2.03. The van der Waals surface area contributed by atoms with Crippen LogP contribution in [0.1, 0.15) is 47.5 Å². The number of aryl methyl sites for hydroxylation is 1. The van der Waals surface area contributed by atoms with Gasteiger partial charge < -0.3 is 15.0 Å². The minimum absolute atomic E-state index is 0.178. The number of fused-ring (bicyclic) bond motifs is 2. The largest absolute Gasteiger partial charge is 0.462 e. The molecule has 2 heterocycles. The molecule has 1 unspecified atom stereocenters. The van der Waals surface area contributed by atoms with Crippen LogP contribution < -0.4 is 5.32 Å². The molecule has 30 heavy (non-hydrogen) atoms. The zero-order valence-electron chi connectivity index (χ0n) is 16.7. The molecule has 3 aromatic rings. The van der Waals surface area contributed by atoms with E-state index in [0.29, 0.717) is 27.4 Å². The van der Waals surface area contributed by atoms with Gasteiger partial charge in [0.25, 0.3) is 0 Å². The Kier molecular flexibility index (Phi) is 6.36. The number of aromatic nitrogens is 2. The molecule has 0 saturated heterocycles. The summed E-state index contributed by atoms with van der Waals surface area (Å²) in [5.74, 6) is -0.538. The molecule has 0 aliphatic heterocycles. The number of halogens is 1. The van der Waals surface area contributed by atoms with Crippen molar-refractivity contribution in [3.63, 3.8) is 0 Å². The van der Waals surface area contributed by atoms with Crippen molar-refractivity contribution < 1.29 is 14.3 Å². The second-order valence-corrected chi connectivity index (χ2v) is 9.96. The van der Waals surface area contributed by atoms with E-state index in [0.717, 1.165) is 42.3 Å². The van der Waals surface area contributed by atoms with E-state index in [1.54, 1.807) is 19.1 Å². The number of nitrogens with zero attached hydrogens (tertiary/aromatic N) is 1. The van der Waals surface area contributed by atoms with Crippen LogP contribution in [0.15, 0.2) is 23.4 Å². The number of thioether (sulfide) groups is 1. The normalized spacial score (nSPS) is 14.4. The third kappa shape index (κ3) is 4.36. The monoisotopic (exact) mass is 463 g/mol. The summed E-state index contributed by atoms with van der Waals surface area (Å²) in [4.78, 5) is 34.3. The van der Waals surface area contributed by atoms with Crippen molar-refractivity contribution in [1.29, 1.82) is 0 Å². The van der Waals surface area contributed by atoms with Crippen molar-refractivity contribution in [1.82, 2.24) is 9.97 Å². The van der Waals surface area contributed by atoms with E-state index < -0.39 is 5.25 Å². The first-order chi connectivity index (χ1) is 14.5. The van der Waals surface area contributed by atoms with Crippen LogP contribution in [0.25, 0.3) is 11.0 Å². The third-order valence-electron chi connectivity index (χ3n) is 4.97. The number of H-pyrrole nitrogens is 1.